The molecule has 0 aliphatic carbocycles. The van der Waals surface area contributed by atoms with E-state index in [0.717, 1.165) is 25.9 Å². The van der Waals surface area contributed by atoms with Crippen LogP contribution in [-0.2, 0) is 17.6 Å². The van der Waals surface area contributed by atoms with Crippen molar-refractivity contribution in [3.05, 3.63) is 84.4 Å². The molecule has 0 bridgehead atoms. The topological polar surface area (TPSA) is 20.3 Å². The molecule has 0 aliphatic heterocycles. The quantitative estimate of drug-likeness (QED) is 0.710. The van der Waals surface area contributed by atoms with Crippen molar-refractivity contribution in [2.24, 2.45) is 0 Å². The van der Waals surface area contributed by atoms with Crippen molar-refractivity contribution < 1.29 is 4.79 Å². The van der Waals surface area contributed by atoms with Crippen LogP contribution in [0.1, 0.15) is 11.1 Å². The summed E-state index contributed by atoms with van der Waals surface area (Å²) in [5.41, 5.74) is 2.50. The lowest BCUT2D eigenvalue weighted by Gasteiger charge is -2.21. The van der Waals surface area contributed by atoms with Crippen LogP contribution in [0.25, 0.3) is 0 Å². The van der Waals surface area contributed by atoms with E-state index in [0.29, 0.717) is 0 Å². The van der Waals surface area contributed by atoms with E-state index in [1.807, 2.05) is 41.3 Å². The molecule has 0 unspecified atom stereocenters. The lowest BCUT2D eigenvalue weighted by atomic mass is 10.1. The highest BCUT2D eigenvalue weighted by atomic mass is 16.2. The van der Waals surface area contributed by atoms with Gasteiger partial charge >= 0.3 is 0 Å². The van der Waals surface area contributed by atoms with Gasteiger partial charge in [-0.2, -0.15) is 0 Å². The summed E-state index contributed by atoms with van der Waals surface area (Å²) >= 11 is 0. The summed E-state index contributed by atoms with van der Waals surface area (Å²) in [6.45, 7) is 5.05. The second-order valence-corrected chi connectivity index (χ2v) is 5.00. The number of hydrogen-bond donors (Lipinski definition) is 0. The molecule has 21 heavy (non-hydrogen) atoms. The zero-order valence-corrected chi connectivity index (χ0v) is 12.2. The summed E-state index contributed by atoms with van der Waals surface area (Å²) in [5, 5.41) is 0. The predicted octanol–water partition coefficient (Wildman–Crippen LogP) is 3.49. The number of carbonyl (C=O) groups is 1. The minimum Gasteiger partial charge on any atom is -0.339 e. The number of amides is 1. The highest BCUT2D eigenvalue weighted by molar-refractivity contribution is 5.87. The third-order valence-electron chi connectivity index (χ3n) is 3.51. The van der Waals surface area contributed by atoms with Crippen molar-refractivity contribution in [3.8, 4) is 0 Å². The Labute approximate surface area is 126 Å². The number of benzene rings is 2. The maximum absolute atomic E-state index is 12.0. The summed E-state index contributed by atoms with van der Waals surface area (Å²) in [6.07, 6.45) is 3.14. The third kappa shape index (κ3) is 4.92. The van der Waals surface area contributed by atoms with Gasteiger partial charge in [-0.15, -0.1) is 0 Å². The molecule has 0 aliphatic rings. The van der Waals surface area contributed by atoms with Gasteiger partial charge in [0.05, 0.1) is 0 Å². The summed E-state index contributed by atoms with van der Waals surface area (Å²) in [5.74, 6) is 0.00172. The largest absolute Gasteiger partial charge is 0.339 e. The van der Waals surface area contributed by atoms with Crippen LogP contribution in [-0.4, -0.2) is 23.9 Å². The first-order chi connectivity index (χ1) is 10.3. The van der Waals surface area contributed by atoms with Gasteiger partial charge in [-0.1, -0.05) is 67.2 Å². The third-order valence-corrected chi connectivity index (χ3v) is 3.51. The fraction of sp³-hybridized carbons (Fsp3) is 0.211. The molecule has 2 heteroatoms. The molecule has 0 heterocycles. The van der Waals surface area contributed by atoms with E-state index in [9.17, 15) is 4.79 Å². The molecule has 0 N–H and O–H groups in total. The molecule has 2 rings (SSSR count). The first-order valence-corrected chi connectivity index (χ1v) is 7.29. The molecule has 0 spiro atoms. The SMILES string of the molecule is C=CC(=O)N(CCc1ccccc1)CCc1ccccc1. The summed E-state index contributed by atoms with van der Waals surface area (Å²) in [4.78, 5) is 13.8. The molecule has 2 nitrogen and oxygen atoms in total. The first-order valence-electron chi connectivity index (χ1n) is 7.29. The van der Waals surface area contributed by atoms with Crippen LogP contribution >= 0.6 is 0 Å². The zero-order valence-electron chi connectivity index (χ0n) is 12.2. The van der Waals surface area contributed by atoms with E-state index in [1.54, 1.807) is 0 Å². The summed E-state index contributed by atoms with van der Waals surface area (Å²) in [6, 6.07) is 20.5. The molecule has 0 radical (unpaired) electrons. The molecule has 108 valence electrons. The van der Waals surface area contributed by atoms with E-state index in [-0.39, 0.29) is 5.91 Å². The van der Waals surface area contributed by atoms with Crippen LogP contribution in [0.2, 0.25) is 0 Å². The molecule has 0 atom stereocenters. The Morgan fingerprint density at radius 1 is 0.857 bits per heavy atom. The summed E-state index contributed by atoms with van der Waals surface area (Å²) < 4.78 is 0. The first kappa shape index (κ1) is 15.0. The van der Waals surface area contributed by atoms with Crippen molar-refractivity contribution in [2.45, 2.75) is 12.8 Å². The van der Waals surface area contributed by atoms with Gasteiger partial charge in [-0.05, 0) is 30.0 Å². The Bertz CT molecular complexity index is 519. The van der Waals surface area contributed by atoms with E-state index in [2.05, 4.69) is 30.8 Å². The number of rotatable bonds is 7. The molecular formula is C19H21NO. The van der Waals surface area contributed by atoms with Crippen molar-refractivity contribution in [2.75, 3.05) is 13.1 Å². The fourth-order valence-corrected chi connectivity index (χ4v) is 2.28. The fourth-order valence-electron chi connectivity index (χ4n) is 2.28. The Morgan fingerprint density at radius 2 is 1.29 bits per heavy atom. The van der Waals surface area contributed by atoms with Gasteiger partial charge in [0.25, 0.3) is 0 Å². The average molecular weight is 279 g/mol. The van der Waals surface area contributed by atoms with Gasteiger partial charge in [-0.3, -0.25) is 4.79 Å². The Morgan fingerprint density at radius 3 is 1.67 bits per heavy atom. The minimum absolute atomic E-state index is 0.00172. The highest BCUT2D eigenvalue weighted by Crippen LogP contribution is 2.05. The van der Waals surface area contributed by atoms with Crippen LogP contribution in [0.5, 0.6) is 0 Å². The van der Waals surface area contributed by atoms with E-state index < -0.39 is 0 Å². The van der Waals surface area contributed by atoms with Crippen LogP contribution in [0.3, 0.4) is 0 Å². The van der Waals surface area contributed by atoms with Crippen molar-refractivity contribution in [3.63, 3.8) is 0 Å². The van der Waals surface area contributed by atoms with E-state index >= 15 is 0 Å². The second-order valence-electron chi connectivity index (χ2n) is 5.00. The van der Waals surface area contributed by atoms with Crippen molar-refractivity contribution in [1.29, 1.82) is 0 Å². The number of hydrogen-bond acceptors (Lipinski definition) is 1. The lowest BCUT2D eigenvalue weighted by Crippen LogP contribution is -2.33. The van der Waals surface area contributed by atoms with Gasteiger partial charge in [0.2, 0.25) is 5.91 Å². The smallest absolute Gasteiger partial charge is 0.245 e. The zero-order chi connectivity index (χ0) is 14.9. The average Bonchev–Trinajstić information content (AvgIpc) is 2.56. The lowest BCUT2D eigenvalue weighted by molar-refractivity contribution is -0.126. The maximum Gasteiger partial charge on any atom is 0.245 e. The summed E-state index contributed by atoms with van der Waals surface area (Å²) in [7, 11) is 0. The Hall–Kier alpha value is -2.35. The van der Waals surface area contributed by atoms with Gasteiger partial charge in [0, 0.05) is 13.1 Å². The monoisotopic (exact) mass is 279 g/mol. The van der Waals surface area contributed by atoms with Crippen LogP contribution in [0.15, 0.2) is 73.3 Å². The van der Waals surface area contributed by atoms with Gasteiger partial charge < -0.3 is 4.90 Å². The molecule has 2 aromatic rings. The van der Waals surface area contributed by atoms with Gasteiger partial charge in [-0.25, -0.2) is 0 Å². The number of carbonyl (C=O) groups excluding carboxylic acids is 1. The molecule has 0 saturated heterocycles. The van der Waals surface area contributed by atoms with Crippen LogP contribution in [0.4, 0.5) is 0 Å². The van der Waals surface area contributed by atoms with Crippen molar-refractivity contribution >= 4 is 5.91 Å². The molecule has 2 aromatic carbocycles. The van der Waals surface area contributed by atoms with Crippen LogP contribution < -0.4 is 0 Å². The Kier molecular flexibility index (Phi) is 5.77. The normalized spacial score (nSPS) is 10.1. The molecule has 0 saturated carbocycles. The van der Waals surface area contributed by atoms with Gasteiger partial charge in [0.15, 0.2) is 0 Å². The second kappa shape index (κ2) is 8.05. The molecule has 0 aromatic heterocycles. The minimum atomic E-state index is 0.00172. The Balaban J connectivity index is 1.92. The standard InChI is InChI=1S/C19H21NO/c1-2-19(21)20(15-13-17-9-5-3-6-10-17)16-14-18-11-7-4-8-12-18/h2-12H,1,13-16H2. The molecular weight excluding hydrogens is 258 g/mol. The van der Waals surface area contributed by atoms with E-state index in [1.165, 1.54) is 17.2 Å². The highest BCUT2D eigenvalue weighted by Gasteiger charge is 2.10. The van der Waals surface area contributed by atoms with E-state index in [4.69, 9.17) is 0 Å². The predicted molar refractivity (Wildman–Crippen MR) is 87.1 cm³/mol. The number of nitrogens with zero attached hydrogens (tertiary/aromatic N) is 1. The van der Waals surface area contributed by atoms with Gasteiger partial charge in [0.1, 0.15) is 0 Å². The van der Waals surface area contributed by atoms with Crippen molar-refractivity contribution in [1.82, 2.24) is 4.90 Å². The maximum atomic E-state index is 12.0. The molecule has 0 fully saturated rings. The van der Waals surface area contributed by atoms with Crippen LogP contribution in [0, 0.1) is 0 Å². The molecule has 1 amide bonds.